The molecule has 4 nitrogen and oxygen atoms in total. The minimum Gasteiger partial charge on any atom is -0.466 e. The summed E-state index contributed by atoms with van der Waals surface area (Å²) in [4.78, 5) is 15.6. The van der Waals surface area contributed by atoms with Gasteiger partial charge in [0.05, 0.1) is 12.2 Å². The second-order valence-corrected chi connectivity index (χ2v) is 5.78. The van der Waals surface area contributed by atoms with Crippen LogP contribution in [0.25, 0.3) is 0 Å². The van der Waals surface area contributed by atoms with Crippen LogP contribution in [-0.4, -0.2) is 50.2 Å². The maximum Gasteiger partial charge on any atom is 0.416 e. The van der Waals surface area contributed by atoms with Gasteiger partial charge in [-0.2, -0.15) is 13.2 Å². The average Bonchev–Trinajstić information content (AvgIpc) is 2.55. The Morgan fingerprint density at radius 3 is 2.29 bits per heavy atom. The largest absolute Gasteiger partial charge is 0.466 e. The zero-order chi connectivity index (χ0) is 17.6. The zero-order valence-corrected chi connectivity index (χ0v) is 13.8. The molecule has 0 aliphatic carbocycles. The number of hydrogen-bond acceptors (Lipinski definition) is 4. The molecule has 1 heterocycles. The van der Waals surface area contributed by atoms with Crippen LogP contribution in [0.5, 0.6) is 0 Å². The van der Waals surface area contributed by atoms with Crippen molar-refractivity contribution < 1.29 is 22.7 Å². The number of anilines is 1. The van der Waals surface area contributed by atoms with Crippen molar-refractivity contribution in [1.82, 2.24) is 4.90 Å². The highest BCUT2D eigenvalue weighted by molar-refractivity contribution is 5.69. The van der Waals surface area contributed by atoms with Crippen LogP contribution in [0.3, 0.4) is 0 Å². The van der Waals surface area contributed by atoms with Gasteiger partial charge in [-0.3, -0.25) is 9.69 Å². The summed E-state index contributed by atoms with van der Waals surface area (Å²) >= 11 is 0. The molecule has 1 aromatic carbocycles. The Labute approximate surface area is 140 Å². The van der Waals surface area contributed by atoms with Gasteiger partial charge < -0.3 is 9.64 Å². The molecule has 1 aromatic rings. The van der Waals surface area contributed by atoms with Crippen LogP contribution in [-0.2, 0) is 15.7 Å². The highest BCUT2D eigenvalue weighted by Gasteiger charge is 2.30. The van der Waals surface area contributed by atoms with E-state index in [0.29, 0.717) is 13.0 Å². The Bertz CT molecular complexity index is 524. The first-order valence-electron chi connectivity index (χ1n) is 8.20. The first-order chi connectivity index (χ1) is 11.4. The van der Waals surface area contributed by atoms with Gasteiger partial charge >= 0.3 is 12.1 Å². The summed E-state index contributed by atoms with van der Waals surface area (Å²) in [6.45, 7) is 6.24. The fourth-order valence-electron chi connectivity index (χ4n) is 2.77. The lowest BCUT2D eigenvalue weighted by Gasteiger charge is -2.36. The Morgan fingerprint density at radius 2 is 1.75 bits per heavy atom. The summed E-state index contributed by atoms with van der Waals surface area (Å²) in [7, 11) is 0. The van der Waals surface area contributed by atoms with Crippen molar-refractivity contribution in [2.24, 2.45) is 0 Å². The van der Waals surface area contributed by atoms with Crippen molar-refractivity contribution in [3.8, 4) is 0 Å². The Balaban J connectivity index is 1.75. The molecule has 1 saturated heterocycles. The molecule has 134 valence electrons. The minimum atomic E-state index is -4.30. The number of ether oxygens (including phenoxy) is 1. The number of halogens is 3. The quantitative estimate of drug-likeness (QED) is 0.742. The zero-order valence-electron chi connectivity index (χ0n) is 13.8. The monoisotopic (exact) mass is 344 g/mol. The first kappa shape index (κ1) is 18.6. The number of hydrogen-bond donors (Lipinski definition) is 0. The SMILES string of the molecule is CCOC(=O)CCCN1CCN(c2ccc(C(F)(F)F)cc2)CC1. The molecule has 0 saturated carbocycles. The molecule has 7 heteroatoms. The molecule has 0 aromatic heterocycles. The summed E-state index contributed by atoms with van der Waals surface area (Å²) in [6, 6.07) is 5.31. The number of rotatable bonds is 6. The number of alkyl halides is 3. The molecule has 1 fully saturated rings. The summed E-state index contributed by atoms with van der Waals surface area (Å²) in [5, 5.41) is 0. The lowest BCUT2D eigenvalue weighted by Crippen LogP contribution is -2.46. The van der Waals surface area contributed by atoms with Gasteiger partial charge in [-0.1, -0.05) is 0 Å². The van der Waals surface area contributed by atoms with Gasteiger partial charge in [-0.05, 0) is 44.2 Å². The van der Waals surface area contributed by atoms with Crippen molar-refractivity contribution in [3.63, 3.8) is 0 Å². The number of carbonyl (C=O) groups is 1. The topological polar surface area (TPSA) is 32.8 Å². The number of piperazine rings is 1. The van der Waals surface area contributed by atoms with E-state index in [1.165, 1.54) is 12.1 Å². The second kappa shape index (κ2) is 8.37. The maximum absolute atomic E-state index is 12.6. The Morgan fingerprint density at radius 1 is 1.12 bits per heavy atom. The molecule has 0 amide bonds. The van der Waals surface area contributed by atoms with Crippen molar-refractivity contribution >= 4 is 11.7 Å². The molecule has 0 radical (unpaired) electrons. The Hall–Kier alpha value is -1.76. The van der Waals surface area contributed by atoms with Crippen molar-refractivity contribution in [1.29, 1.82) is 0 Å². The van der Waals surface area contributed by atoms with E-state index in [4.69, 9.17) is 4.74 Å². The van der Waals surface area contributed by atoms with Crippen molar-refractivity contribution in [3.05, 3.63) is 29.8 Å². The van der Waals surface area contributed by atoms with Crippen LogP contribution >= 0.6 is 0 Å². The average molecular weight is 344 g/mol. The lowest BCUT2D eigenvalue weighted by molar-refractivity contribution is -0.143. The third-order valence-electron chi connectivity index (χ3n) is 4.09. The molecule has 0 atom stereocenters. The first-order valence-corrected chi connectivity index (χ1v) is 8.20. The van der Waals surface area contributed by atoms with Gasteiger partial charge in [0.25, 0.3) is 0 Å². The summed E-state index contributed by atoms with van der Waals surface area (Å²) in [5.41, 5.74) is 0.193. The van der Waals surface area contributed by atoms with E-state index in [9.17, 15) is 18.0 Å². The molecule has 0 unspecified atom stereocenters. The normalized spacial score (nSPS) is 16.2. The van der Waals surface area contributed by atoms with E-state index in [0.717, 1.165) is 57.0 Å². The van der Waals surface area contributed by atoms with Gasteiger partial charge in [0, 0.05) is 38.3 Å². The predicted molar refractivity (Wildman–Crippen MR) is 86.0 cm³/mol. The van der Waals surface area contributed by atoms with E-state index in [2.05, 4.69) is 9.80 Å². The molecule has 1 aliphatic rings. The number of esters is 1. The van der Waals surface area contributed by atoms with Gasteiger partial charge in [0.15, 0.2) is 0 Å². The standard InChI is InChI=1S/C17H23F3N2O2/c1-2-24-16(23)4-3-9-21-10-12-22(13-11-21)15-7-5-14(6-8-15)17(18,19)20/h5-8H,2-4,9-13H2,1H3. The lowest BCUT2D eigenvalue weighted by atomic mass is 10.1. The van der Waals surface area contributed by atoms with Gasteiger partial charge in [0.2, 0.25) is 0 Å². The van der Waals surface area contributed by atoms with Gasteiger partial charge in [-0.25, -0.2) is 0 Å². The predicted octanol–water partition coefficient (Wildman–Crippen LogP) is 3.17. The van der Waals surface area contributed by atoms with E-state index in [-0.39, 0.29) is 5.97 Å². The summed E-state index contributed by atoms with van der Waals surface area (Å²) < 4.78 is 42.6. The second-order valence-electron chi connectivity index (χ2n) is 5.78. The third kappa shape index (κ3) is 5.40. The number of carbonyl (C=O) groups excluding carboxylic acids is 1. The maximum atomic E-state index is 12.6. The van der Waals surface area contributed by atoms with E-state index >= 15 is 0 Å². The van der Waals surface area contributed by atoms with E-state index in [1.807, 2.05) is 0 Å². The highest BCUT2D eigenvalue weighted by Crippen LogP contribution is 2.30. The fraction of sp³-hybridized carbons (Fsp3) is 0.588. The minimum absolute atomic E-state index is 0.166. The van der Waals surface area contributed by atoms with Gasteiger partial charge in [-0.15, -0.1) is 0 Å². The molecule has 24 heavy (non-hydrogen) atoms. The molecule has 2 rings (SSSR count). The van der Waals surface area contributed by atoms with Crippen LogP contribution in [0, 0.1) is 0 Å². The molecule has 0 N–H and O–H groups in total. The molecular weight excluding hydrogens is 321 g/mol. The van der Waals surface area contributed by atoms with Crippen molar-refractivity contribution in [2.45, 2.75) is 25.9 Å². The van der Waals surface area contributed by atoms with Crippen LogP contribution in [0.2, 0.25) is 0 Å². The molecular formula is C17H23F3N2O2. The smallest absolute Gasteiger partial charge is 0.416 e. The number of nitrogens with zero attached hydrogens (tertiary/aromatic N) is 2. The summed E-state index contributed by atoms with van der Waals surface area (Å²) in [5.74, 6) is -0.166. The van der Waals surface area contributed by atoms with Crippen LogP contribution in [0.4, 0.5) is 18.9 Å². The molecule has 1 aliphatic heterocycles. The molecule has 0 spiro atoms. The van der Waals surface area contributed by atoms with E-state index < -0.39 is 11.7 Å². The Kier molecular flexibility index (Phi) is 6.48. The number of benzene rings is 1. The molecule has 0 bridgehead atoms. The highest BCUT2D eigenvalue weighted by atomic mass is 19.4. The van der Waals surface area contributed by atoms with Crippen LogP contribution in [0.15, 0.2) is 24.3 Å². The van der Waals surface area contributed by atoms with Crippen LogP contribution < -0.4 is 4.90 Å². The summed E-state index contributed by atoms with van der Waals surface area (Å²) in [6.07, 6.45) is -3.11. The van der Waals surface area contributed by atoms with Gasteiger partial charge in [0.1, 0.15) is 0 Å². The third-order valence-corrected chi connectivity index (χ3v) is 4.09. The fourth-order valence-corrected chi connectivity index (χ4v) is 2.77. The van der Waals surface area contributed by atoms with E-state index in [1.54, 1.807) is 6.92 Å². The van der Waals surface area contributed by atoms with Crippen LogP contribution in [0.1, 0.15) is 25.3 Å². The van der Waals surface area contributed by atoms with Crippen molar-refractivity contribution in [2.75, 3.05) is 44.2 Å².